The van der Waals surface area contributed by atoms with E-state index in [9.17, 15) is 19.2 Å². The zero-order valence-corrected chi connectivity index (χ0v) is 38.0. The number of rotatable bonds is 10. The number of nitrogens with zero attached hydrogens (tertiary/aromatic N) is 4. The Bertz CT molecular complexity index is 2710. The van der Waals surface area contributed by atoms with Crippen molar-refractivity contribution in [2.45, 2.75) is 34.1 Å². The van der Waals surface area contributed by atoms with E-state index in [-0.39, 0.29) is 31.9 Å². The molecule has 18 heteroatoms. The van der Waals surface area contributed by atoms with E-state index in [0.717, 1.165) is 31.5 Å². The summed E-state index contributed by atoms with van der Waals surface area (Å²) >= 11 is 23.8. The van der Waals surface area contributed by atoms with Crippen molar-refractivity contribution in [3.8, 4) is 0 Å². The zero-order chi connectivity index (χ0) is 46.6. The fourth-order valence-electron chi connectivity index (χ4n) is 6.40. The number of benzene rings is 4. The van der Waals surface area contributed by atoms with Crippen molar-refractivity contribution in [2.75, 3.05) is 48.5 Å². The highest BCUT2D eigenvalue weighted by Crippen LogP contribution is 2.25. The van der Waals surface area contributed by atoms with Crippen molar-refractivity contribution in [1.82, 2.24) is 19.8 Å². The van der Waals surface area contributed by atoms with Crippen LogP contribution < -0.4 is 21.3 Å². The first-order valence-corrected chi connectivity index (χ1v) is 21.5. The van der Waals surface area contributed by atoms with Crippen LogP contribution in [0.1, 0.15) is 86.7 Å². The minimum atomic E-state index is -0.484. The monoisotopic (exact) mass is 982 g/mol. The average molecular weight is 985 g/mol. The first-order chi connectivity index (χ1) is 31.1. The summed E-state index contributed by atoms with van der Waals surface area (Å²) in [5.74, 6) is -0.302. The number of carbonyl (C=O) groups is 4. The molecule has 7 rings (SSSR count). The molecule has 67 heavy (non-hydrogen) atoms. The SMILES string of the molecule is C.C.CN(C)C(=N)c1ccc(C(=O)Nc2ccc(Cl)cc2C(=O)Nc2ccc(Cl)cn2)cc1.N=C(c1ccc(C(=O)Nc2ccc(Cl)cc2C(=O)Nc2ccc(Cl)cn2)cc1)N1CCCCC1. The number of hydrogen-bond acceptors (Lipinski definition) is 8. The first kappa shape index (κ1) is 52.8. The van der Waals surface area contributed by atoms with E-state index in [1.165, 1.54) is 30.9 Å². The van der Waals surface area contributed by atoms with Gasteiger partial charge >= 0.3 is 0 Å². The number of pyridine rings is 2. The maximum absolute atomic E-state index is 12.9. The van der Waals surface area contributed by atoms with Gasteiger partial charge in [-0.15, -0.1) is 0 Å². The van der Waals surface area contributed by atoms with E-state index in [0.29, 0.717) is 71.5 Å². The number of carbonyl (C=O) groups excluding carboxylic acids is 4. The Labute approximate surface area is 410 Å². The fraction of sp³-hybridized carbons (Fsp3) is 0.184. The number of nitrogens with one attached hydrogen (secondary N) is 6. The molecule has 1 aliphatic rings. The molecule has 6 N–H and O–H groups in total. The Hall–Kier alpha value is -6.84. The van der Waals surface area contributed by atoms with Crippen molar-refractivity contribution in [3.05, 3.63) is 175 Å². The van der Waals surface area contributed by atoms with Crippen LogP contribution in [0.3, 0.4) is 0 Å². The molecule has 348 valence electrons. The van der Waals surface area contributed by atoms with E-state index in [1.807, 2.05) is 0 Å². The third-order valence-corrected chi connectivity index (χ3v) is 10.8. The number of likely N-dealkylation sites (tertiary alicyclic amines) is 1. The molecule has 0 aliphatic carbocycles. The van der Waals surface area contributed by atoms with Gasteiger partial charge in [-0.05, 0) is 104 Å². The van der Waals surface area contributed by atoms with Gasteiger partial charge in [0.2, 0.25) is 0 Å². The highest BCUT2D eigenvalue weighted by atomic mass is 35.5. The third kappa shape index (κ3) is 14.6. The summed E-state index contributed by atoms with van der Waals surface area (Å²) in [7, 11) is 3.55. The summed E-state index contributed by atoms with van der Waals surface area (Å²) in [5.41, 5.74) is 3.23. The number of amidine groups is 2. The minimum absolute atomic E-state index is 0. The van der Waals surface area contributed by atoms with Crippen LogP contribution in [-0.4, -0.2) is 82.3 Å². The topological polar surface area (TPSA) is 196 Å². The average Bonchev–Trinajstić information content (AvgIpc) is 3.31. The molecule has 0 spiro atoms. The van der Waals surface area contributed by atoms with Crippen LogP contribution in [0.5, 0.6) is 0 Å². The third-order valence-electron chi connectivity index (χ3n) is 9.85. The standard InChI is InChI=1S/C25H23Cl2N5O2.C22H19Cl2N5O2.2CH4/c26-18-8-10-21(20(14-18)25(34)31-22-11-9-19(27)15-29-22)30-24(33)17-6-4-16(5-7-17)23(28)32-12-2-1-3-13-32;1-29(2)20(25)13-3-5-14(6-4-13)21(30)27-18-9-7-15(23)11-17(18)22(31)28-19-10-8-16(24)12-26-19;;/h4-11,14-15,28H,1-3,12-13H2,(H,30,33)(H,29,31,34);3-12,25H,1-2H3,(H,27,30)(H,26,28,31);2*1H4. The molecule has 3 heterocycles. The summed E-state index contributed by atoms with van der Waals surface area (Å²) in [5, 5.41) is 28.9. The second-order valence-corrected chi connectivity index (χ2v) is 16.5. The summed E-state index contributed by atoms with van der Waals surface area (Å²) in [6.07, 6.45) is 6.22. The number of amides is 4. The Kier molecular flexibility index (Phi) is 19.4. The Morgan fingerprint density at radius 2 is 0.896 bits per heavy atom. The molecule has 2 aromatic heterocycles. The molecule has 4 amide bonds. The summed E-state index contributed by atoms with van der Waals surface area (Å²) in [6, 6.07) is 29.1. The molecular weight excluding hydrogens is 934 g/mol. The Morgan fingerprint density at radius 1 is 0.507 bits per heavy atom. The summed E-state index contributed by atoms with van der Waals surface area (Å²) in [6.45, 7) is 1.77. The molecule has 1 aliphatic heterocycles. The minimum Gasteiger partial charge on any atom is -0.363 e. The van der Waals surface area contributed by atoms with Gasteiger partial charge in [-0.25, -0.2) is 9.97 Å². The number of aromatic nitrogens is 2. The van der Waals surface area contributed by atoms with E-state index >= 15 is 0 Å². The molecular formula is C49H50Cl4N10O4. The molecule has 0 unspecified atom stereocenters. The summed E-state index contributed by atoms with van der Waals surface area (Å²) < 4.78 is 0. The zero-order valence-electron chi connectivity index (χ0n) is 35.0. The molecule has 0 saturated carbocycles. The quantitative estimate of drug-likeness (QED) is 0.0576. The Morgan fingerprint density at radius 3 is 1.28 bits per heavy atom. The predicted molar refractivity (Wildman–Crippen MR) is 272 cm³/mol. The van der Waals surface area contributed by atoms with E-state index < -0.39 is 17.7 Å². The highest BCUT2D eigenvalue weighted by molar-refractivity contribution is 6.32. The van der Waals surface area contributed by atoms with Crippen molar-refractivity contribution >= 4 is 105 Å². The van der Waals surface area contributed by atoms with Gasteiger partial charge in [0.05, 0.1) is 32.5 Å². The van der Waals surface area contributed by atoms with Crippen molar-refractivity contribution < 1.29 is 19.2 Å². The molecule has 0 atom stereocenters. The van der Waals surface area contributed by atoms with Gasteiger partial charge in [0.15, 0.2) is 0 Å². The lowest BCUT2D eigenvalue weighted by molar-refractivity contribution is 0.101. The molecule has 0 radical (unpaired) electrons. The van der Waals surface area contributed by atoms with Crippen LogP contribution >= 0.6 is 46.4 Å². The van der Waals surface area contributed by atoms with Crippen LogP contribution in [0.2, 0.25) is 20.1 Å². The molecule has 1 fully saturated rings. The van der Waals surface area contributed by atoms with Crippen LogP contribution in [0.25, 0.3) is 0 Å². The van der Waals surface area contributed by atoms with Gasteiger partial charge in [-0.1, -0.05) is 85.5 Å². The molecule has 1 saturated heterocycles. The molecule has 4 aromatic carbocycles. The van der Waals surface area contributed by atoms with Gasteiger partial charge in [0, 0.05) is 71.9 Å². The van der Waals surface area contributed by atoms with Crippen LogP contribution in [-0.2, 0) is 0 Å². The lowest BCUT2D eigenvalue weighted by atomic mass is 10.1. The van der Waals surface area contributed by atoms with Crippen LogP contribution in [0.15, 0.2) is 122 Å². The van der Waals surface area contributed by atoms with Crippen LogP contribution in [0, 0.1) is 10.8 Å². The van der Waals surface area contributed by atoms with Gasteiger partial charge in [0.1, 0.15) is 23.3 Å². The smallest absolute Gasteiger partial charge is 0.258 e. The number of piperidine rings is 1. The van der Waals surface area contributed by atoms with Gasteiger partial charge in [-0.3, -0.25) is 30.0 Å². The van der Waals surface area contributed by atoms with Crippen molar-refractivity contribution in [2.24, 2.45) is 0 Å². The molecule has 6 aromatic rings. The second kappa shape index (κ2) is 24.6. The van der Waals surface area contributed by atoms with E-state index in [2.05, 4.69) is 36.1 Å². The largest absolute Gasteiger partial charge is 0.363 e. The first-order valence-electron chi connectivity index (χ1n) is 20.0. The van der Waals surface area contributed by atoms with Crippen LogP contribution in [0.4, 0.5) is 23.0 Å². The lowest BCUT2D eigenvalue weighted by Gasteiger charge is -2.29. The lowest BCUT2D eigenvalue weighted by Crippen LogP contribution is -2.35. The maximum Gasteiger partial charge on any atom is 0.258 e. The number of halogens is 4. The molecule has 14 nitrogen and oxygen atoms in total. The maximum atomic E-state index is 12.9. The second-order valence-electron chi connectivity index (χ2n) is 14.7. The van der Waals surface area contributed by atoms with E-state index in [4.69, 9.17) is 57.2 Å². The Balaban J connectivity index is 0.000000285. The predicted octanol–water partition coefficient (Wildman–Crippen LogP) is 11.8. The normalized spacial score (nSPS) is 11.5. The fourth-order valence-corrected chi connectivity index (χ4v) is 6.97. The van der Waals surface area contributed by atoms with Gasteiger partial charge in [0.25, 0.3) is 23.6 Å². The van der Waals surface area contributed by atoms with Crippen molar-refractivity contribution in [1.29, 1.82) is 10.8 Å². The summed E-state index contributed by atoms with van der Waals surface area (Å²) in [4.78, 5) is 63.0. The van der Waals surface area contributed by atoms with E-state index in [1.54, 1.807) is 116 Å². The van der Waals surface area contributed by atoms with Crippen molar-refractivity contribution in [3.63, 3.8) is 0 Å². The number of anilines is 4. The van der Waals surface area contributed by atoms with Gasteiger partial charge in [-0.2, -0.15) is 0 Å². The van der Waals surface area contributed by atoms with Gasteiger partial charge < -0.3 is 31.1 Å². The highest BCUT2D eigenvalue weighted by Gasteiger charge is 2.20. The molecule has 0 bridgehead atoms. The number of hydrogen-bond donors (Lipinski definition) is 6.